The van der Waals surface area contributed by atoms with Crippen molar-refractivity contribution in [1.82, 2.24) is 4.57 Å². The SMILES string of the molecule is CC.CC.Cc1cn(C)c2ccccc12. The zero-order valence-corrected chi connectivity index (χ0v) is 10.8. The molecule has 0 radical (unpaired) electrons. The van der Waals surface area contributed by atoms with Crippen LogP contribution in [0.15, 0.2) is 30.5 Å². The highest BCUT2D eigenvalue weighted by molar-refractivity contribution is 5.83. The summed E-state index contributed by atoms with van der Waals surface area (Å²) >= 11 is 0. The molecule has 15 heavy (non-hydrogen) atoms. The van der Waals surface area contributed by atoms with Crippen molar-refractivity contribution in [2.75, 3.05) is 0 Å². The second-order valence-corrected chi connectivity index (χ2v) is 2.94. The molecule has 0 N–H and O–H groups in total. The highest BCUT2D eigenvalue weighted by atomic mass is 14.9. The van der Waals surface area contributed by atoms with Crippen LogP contribution in [0.4, 0.5) is 0 Å². The van der Waals surface area contributed by atoms with Crippen LogP contribution in [0.5, 0.6) is 0 Å². The van der Waals surface area contributed by atoms with Gasteiger partial charge in [0.25, 0.3) is 0 Å². The van der Waals surface area contributed by atoms with Crippen LogP contribution < -0.4 is 0 Å². The van der Waals surface area contributed by atoms with Crippen LogP contribution in [-0.4, -0.2) is 4.57 Å². The lowest BCUT2D eigenvalue weighted by Gasteiger charge is -1.92. The van der Waals surface area contributed by atoms with Crippen LogP contribution in [0.3, 0.4) is 0 Å². The Balaban J connectivity index is 0.000000442. The lowest BCUT2D eigenvalue weighted by atomic mass is 10.2. The monoisotopic (exact) mass is 205 g/mol. The van der Waals surface area contributed by atoms with Gasteiger partial charge >= 0.3 is 0 Å². The Morgan fingerprint density at radius 1 is 0.933 bits per heavy atom. The van der Waals surface area contributed by atoms with Crippen LogP contribution in [0, 0.1) is 6.92 Å². The van der Waals surface area contributed by atoms with Crippen LogP contribution in [-0.2, 0) is 7.05 Å². The summed E-state index contributed by atoms with van der Waals surface area (Å²) in [4.78, 5) is 0. The molecule has 0 fully saturated rings. The number of fused-ring (bicyclic) bond motifs is 1. The minimum Gasteiger partial charge on any atom is -0.350 e. The van der Waals surface area contributed by atoms with Crippen molar-refractivity contribution in [3.8, 4) is 0 Å². The Kier molecular flexibility index (Phi) is 6.52. The maximum absolute atomic E-state index is 2.16. The molecular formula is C14H23N. The zero-order valence-electron chi connectivity index (χ0n) is 10.8. The fraction of sp³-hybridized carbons (Fsp3) is 0.429. The molecule has 0 saturated carbocycles. The Bertz CT molecular complexity index is 349. The van der Waals surface area contributed by atoms with Crippen LogP contribution >= 0.6 is 0 Å². The van der Waals surface area contributed by atoms with Gasteiger partial charge in [0.15, 0.2) is 0 Å². The van der Waals surface area contributed by atoms with E-state index in [4.69, 9.17) is 0 Å². The highest BCUT2D eigenvalue weighted by Crippen LogP contribution is 2.18. The molecule has 0 spiro atoms. The van der Waals surface area contributed by atoms with E-state index in [0.29, 0.717) is 0 Å². The third kappa shape index (κ3) is 3.12. The Hall–Kier alpha value is -1.24. The van der Waals surface area contributed by atoms with Crippen molar-refractivity contribution in [1.29, 1.82) is 0 Å². The third-order valence-electron chi connectivity index (χ3n) is 2.10. The van der Waals surface area contributed by atoms with Gasteiger partial charge in [0.1, 0.15) is 0 Å². The molecule has 2 rings (SSSR count). The molecule has 1 nitrogen and oxygen atoms in total. The molecule has 1 aromatic carbocycles. The van der Waals surface area contributed by atoms with Gasteiger partial charge in [-0.1, -0.05) is 45.9 Å². The van der Waals surface area contributed by atoms with E-state index < -0.39 is 0 Å². The summed E-state index contributed by atoms with van der Waals surface area (Å²) in [5.74, 6) is 0. The summed E-state index contributed by atoms with van der Waals surface area (Å²) in [6, 6.07) is 8.45. The molecular weight excluding hydrogens is 182 g/mol. The van der Waals surface area contributed by atoms with Crippen molar-refractivity contribution in [2.45, 2.75) is 34.6 Å². The van der Waals surface area contributed by atoms with Crippen molar-refractivity contribution in [3.63, 3.8) is 0 Å². The zero-order chi connectivity index (χ0) is 11.8. The van der Waals surface area contributed by atoms with Crippen molar-refractivity contribution >= 4 is 10.9 Å². The molecule has 84 valence electrons. The van der Waals surface area contributed by atoms with Gasteiger partial charge in [-0.25, -0.2) is 0 Å². The smallest absolute Gasteiger partial charge is 0.0480 e. The minimum absolute atomic E-state index is 1.31. The fourth-order valence-corrected chi connectivity index (χ4v) is 1.54. The molecule has 1 heterocycles. The standard InChI is InChI=1S/C10H11N.2C2H6/c1-8-7-11(2)10-6-4-3-5-9(8)10;2*1-2/h3-7H,1-2H3;2*1-2H3. The van der Waals surface area contributed by atoms with Crippen LogP contribution in [0.1, 0.15) is 33.3 Å². The summed E-state index contributed by atoms with van der Waals surface area (Å²) in [7, 11) is 2.08. The van der Waals surface area contributed by atoms with E-state index in [-0.39, 0.29) is 0 Å². The molecule has 0 amide bonds. The molecule has 0 aliphatic rings. The minimum atomic E-state index is 1.31. The summed E-state index contributed by atoms with van der Waals surface area (Å²) < 4.78 is 2.16. The van der Waals surface area contributed by atoms with Gasteiger partial charge in [-0.3, -0.25) is 0 Å². The average Bonchev–Trinajstić information content (AvgIpc) is 2.61. The second-order valence-electron chi connectivity index (χ2n) is 2.94. The number of rotatable bonds is 0. The first kappa shape index (κ1) is 13.8. The maximum atomic E-state index is 2.16. The van der Waals surface area contributed by atoms with Gasteiger partial charge in [0, 0.05) is 24.1 Å². The predicted molar refractivity (Wildman–Crippen MR) is 70.4 cm³/mol. The maximum Gasteiger partial charge on any atom is 0.0480 e. The topological polar surface area (TPSA) is 4.93 Å². The van der Waals surface area contributed by atoms with Crippen molar-refractivity contribution in [2.24, 2.45) is 7.05 Å². The summed E-state index contributed by atoms with van der Waals surface area (Å²) in [5.41, 5.74) is 2.66. The van der Waals surface area contributed by atoms with Crippen molar-refractivity contribution < 1.29 is 0 Å². The van der Waals surface area contributed by atoms with E-state index in [0.717, 1.165) is 0 Å². The van der Waals surface area contributed by atoms with Crippen molar-refractivity contribution in [3.05, 3.63) is 36.0 Å². The van der Waals surface area contributed by atoms with E-state index in [1.54, 1.807) is 0 Å². The van der Waals surface area contributed by atoms with Gasteiger partial charge in [0.05, 0.1) is 0 Å². The normalized spacial score (nSPS) is 8.67. The number of hydrogen-bond acceptors (Lipinski definition) is 0. The predicted octanol–water partition coefficient (Wildman–Crippen LogP) is 4.54. The lowest BCUT2D eigenvalue weighted by molar-refractivity contribution is 0.964. The first-order valence-electron chi connectivity index (χ1n) is 5.80. The average molecular weight is 205 g/mol. The Morgan fingerprint density at radius 2 is 1.47 bits per heavy atom. The van der Waals surface area contributed by atoms with Gasteiger partial charge in [0.2, 0.25) is 0 Å². The third-order valence-corrected chi connectivity index (χ3v) is 2.10. The van der Waals surface area contributed by atoms with E-state index in [1.165, 1.54) is 16.5 Å². The van der Waals surface area contributed by atoms with E-state index in [2.05, 4.69) is 49.0 Å². The molecule has 1 heteroatoms. The number of hydrogen-bond donors (Lipinski definition) is 0. The summed E-state index contributed by atoms with van der Waals surface area (Å²) in [5, 5.41) is 1.36. The Morgan fingerprint density at radius 3 is 2.00 bits per heavy atom. The number of nitrogens with zero attached hydrogens (tertiary/aromatic N) is 1. The summed E-state index contributed by atoms with van der Waals surface area (Å²) in [6.45, 7) is 10.1. The van der Waals surface area contributed by atoms with Gasteiger partial charge in [-0.15, -0.1) is 0 Å². The first-order valence-corrected chi connectivity index (χ1v) is 5.80. The quantitative estimate of drug-likeness (QED) is 0.595. The number of aromatic nitrogens is 1. The molecule has 0 bridgehead atoms. The molecule has 0 unspecified atom stereocenters. The lowest BCUT2D eigenvalue weighted by Crippen LogP contribution is -1.81. The first-order chi connectivity index (χ1) is 7.29. The molecule has 0 aliphatic carbocycles. The molecule has 2 aromatic rings. The number of para-hydroxylation sites is 1. The molecule has 1 aromatic heterocycles. The number of benzene rings is 1. The fourth-order valence-electron chi connectivity index (χ4n) is 1.54. The second kappa shape index (κ2) is 7.10. The van der Waals surface area contributed by atoms with Gasteiger partial charge in [-0.2, -0.15) is 0 Å². The van der Waals surface area contributed by atoms with E-state index in [9.17, 15) is 0 Å². The largest absolute Gasteiger partial charge is 0.350 e. The number of aryl methyl sites for hydroxylation is 2. The Labute approximate surface area is 93.7 Å². The molecule has 0 atom stereocenters. The van der Waals surface area contributed by atoms with Crippen LogP contribution in [0.25, 0.3) is 10.9 Å². The van der Waals surface area contributed by atoms with Crippen LogP contribution in [0.2, 0.25) is 0 Å². The van der Waals surface area contributed by atoms with Gasteiger partial charge < -0.3 is 4.57 Å². The van der Waals surface area contributed by atoms with Gasteiger partial charge in [-0.05, 0) is 18.6 Å². The highest BCUT2D eigenvalue weighted by Gasteiger charge is 1.98. The van der Waals surface area contributed by atoms with E-state index in [1.807, 2.05) is 27.7 Å². The molecule has 0 aliphatic heterocycles. The molecule has 0 saturated heterocycles. The summed E-state index contributed by atoms with van der Waals surface area (Å²) in [6.07, 6.45) is 2.16. The van der Waals surface area contributed by atoms with E-state index >= 15 is 0 Å².